The second kappa shape index (κ2) is 5.09. The third-order valence-corrected chi connectivity index (χ3v) is 3.72. The van der Waals surface area contributed by atoms with E-state index >= 15 is 0 Å². The van der Waals surface area contributed by atoms with Crippen LogP contribution in [0.25, 0.3) is 0 Å². The number of hydrogen-bond donors (Lipinski definition) is 1. The molecule has 1 heterocycles. The molecular formula is C13H15ClN2O3. The number of carbonyl (C=O) groups excluding carboxylic acids is 1. The first-order valence-electron chi connectivity index (χ1n) is 5.94. The molecule has 0 aliphatic carbocycles. The number of carboxylic acid groups (broad SMARTS) is 1. The lowest BCUT2D eigenvalue weighted by atomic mass is 10.1. The summed E-state index contributed by atoms with van der Waals surface area (Å²) in [6.45, 7) is 2.09. The number of fused-ring (bicyclic) bond motifs is 1. The van der Waals surface area contributed by atoms with E-state index in [0.29, 0.717) is 17.3 Å². The SMILES string of the molecule is Cc1c(Cl)ccc2c1N(C)C(=O)CCN2CC(=O)O. The number of carbonyl (C=O) groups is 2. The van der Waals surface area contributed by atoms with E-state index in [1.807, 2.05) is 6.92 Å². The third-order valence-electron chi connectivity index (χ3n) is 3.32. The maximum absolute atomic E-state index is 12.0. The van der Waals surface area contributed by atoms with Crippen LogP contribution < -0.4 is 9.80 Å². The summed E-state index contributed by atoms with van der Waals surface area (Å²) >= 11 is 6.09. The van der Waals surface area contributed by atoms with Crippen molar-refractivity contribution < 1.29 is 14.7 Å². The van der Waals surface area contributed by atoms with E-state index in [9.17, 15) is 9.59 Å². The molecule has 0 saturated carbocycles. The van der Waals surface area contributed by atoms with Crippen molar-refractivity contribution in [3.8, 4) is 0 Å². The summed E-state index contributed by atoms with van der Waals surface area (Å²) < 4.78 is 0. The molecule has 1 aliphatic heterocycles. The number of aliphatic carboxylic acids is 1. The maximum atomic E-state index is 12.0. The first-order valence-corrected chi connectivity index (χ1v) is 6.32. The zero-order valence-corrected chi connectivity index (χ0v) is 11.6. The van der Waals surface area contributed by atoms with Crippen LogP contribution in [0.3, 0.4) is 0 Å². The molecule has 1 aromatic carbocycles. The Labute approximate surface area is 116 Å². The van der Waals surface area contributed by atoms with E-state index in [4.69, 9.17) is 16.7 Å². The van der Waals surface area contributed by atoms with Crippen LogP contribution in [0.1, 0.15) is 12.0 Å². The molecule has 1 N–H and O–H groups in total. The van der Waals surface area contributed by atoms with Crippen molar-refractivity contribution in [3.05, 3.63) is 22.7 Å². The van der Waals surface area contributed by atoms with Gasteiger partial charge in [-0.1, -0.05) is 11.6 Å². The van der Waals surface area contributed by atoms with Gasteiger partial charge >= 0.3 is 5.97 Å². The maximum Gasteiger partial charge on any atom is 0.323 e. The minimum atomic E-state index is -0.921. The quantitative estimate of drug-likeness (QED) is 0.900. The van der Waals surface area contributed by atoms with Crippen LogP contribution in [0, 0.1) is 6.92 Å². The number of anilines is 2. The topological polar surface area (TPSA) is 60.9 Å². The Morgan fingerprint density at radius 2 is 2.16 bits per heavy atom. The predicted octanol–water partition coefficient (Wildman–Crippen LogP) is 1.91. The van der Waals surface area contributed by atoms with Gasteiger partial charge in [0.05, 0.1) is 11.4 Å². The normalized spacial score (nSPS) is 15.2. The number of halogens is 1. The number of nitrogens with zero attached hydrogens (tertiary/aromatic N) is 2. The zero-order valence-electron chi connectivity index (χ0n) is 10.8. The van der Waals surface area contributed by atoms with Gasteiger partial charge in [-0.15, -0.1) is 0 Å². The first kappa shape index (κ1) is 13.7. The fourth-order valence-electron chi connectivity index (χ4n) is 2.31. The molecule has 0 saturated heterocycles. The van der Waals surface area contributed by atoms with E-state index in [1.54, 1.807) is 29.0 Å². The van der Waals surface area contributed by atoms with E-state index < -0.39 is 5.97 Å². The van der Waals surface area contributed by atoms with Crippen molar-refractivity contribution in [3.63, 3.8) is 0 Å². The lowest BCUT2D eigenvalue weighted by Crippen LogP contribution is -2.30. The van der Waals surface area contributed by atoms with Crippen molar-refractivity contribution >= 4 is 34.9 Å². The highest BCUT2D eigenvalue weighted by Gasteiger charge is 2.26. The summed E-state index contributed by atoms with van der Waals surface area (Å²) in [6.07, 6.45) is 0.287. The van der Waals surface area contributed by atoms with Crippen LogP contribution >= 0.6 is 11.6 Å². The van der Waals surface area contributed by atoms with Crippen molar-refractivity contribution in [1.29, 1.82) is 0 Å². The Balaban J connectivity index is 2.57. The minimum absolute atomic E-state index is 0.0421. The Morgan fingerprint density at radius 3 is 2.79 bits per heavy atom. The van der Waals surface area contributed by atoms with Crippen LogP contribution in [0.2, 0.25) is 5.02 Å². The number of amides is 1. The second-order valence-corrected chi connectivity index (χ2v) is 4.97. The van der Waals surface area contributed by atoms with Gasteiger partial charge in [-0.2, -0.15) is 0 Å². The Kier molecular flexibility index (Phi) is 3.66. The molecule has 19 heavy (non-hydrogen) atoms. The van der Waals surface area contributed by atoms with Gasteiger partial charge in [-0.25, -0.2) is 0 Å². The highest BCUT2D eigenvalue weighted by molar-refractivity contribution is 6.32. The lowest BCUT2D eigenvalue weighted by Gasteiger charge is -2.25. The smallest absolute Gasteiger partial charge is 0.323 e. The van der Waals surface area contributed by atoms with Crippen molar-refractivity contribution in [1.82, 2.24) is 0 Å². The zero-order chi connectivity index (χ0) is 14.2. The van der Waals surface area contributed by atoms with Crippen LogP contribution in [0.5, 0.6) is 0 Å². The molecule has 5 nitrogen and oxygen atoms in total. The molecule has 0 bridgehead atoms. The van der Waals surface area contributed by atoms with E-state index in [1.165, 1.54) is 0 Å². The molecule has 1 aliphatic rings. The molecule has 1 amide bonds. The molecule has 0 fully saturated rings. The van der Waals surface area contributed by atoms with Gasteiger partial charge in [0.15, 0.2) is 0 Å². The number of hydrogen-bond acceptors (Lipinski definition) is 3. The molecule has 0 unspecified atom stereocenters. The van der Waals surface area contributed by atoms with Gasteiger partial charge in [0, 0.05) is 25.0 Å². The van der Waals surface area contributed by atoms with Crippen LogP contribution in [-0.4, -0.2) is 37.1 Å². The number of carboxylic acids is 1. The Morgan fingerprint density at radius 1 is 1.47 bits per heavy atom. The first-order chi connectivity index (χ1) is 8.91. The summed E-state index contributed by atoms with van der Waals surface area (Å²) in [5.74, 6) is -0.963. The van der Waals surface area contributed by atoms with Gasteiger partial charge in [0.25, 0.3) is 0 Å². The highest BCUT2D eigenvalue weighted by atomic mass is 35.5. The fraction of sp³-hybridized carbons (Fsp3) is 0.385. The Bertz CT molecular complexity index is 545. The summed E-state index contributed by atoms with van der Waals surface area (Å²) in [7, 11) is 1.69. The minimum Gasteiger partial charge on any atom is -0.480 e. The van der Waals surface area contributed by atoms with E-state index in [-0.39, 0.29) is 18.9 Å². The van der Waals surface area contributed by atoms with Gasteiger partial charge in [0.2, 0.25) is 5.91 Å². The molecule has 0 aromatic heterocycles. The third kappa shape index (κ3) is 2.51. The van der Waals surface area contributed by atoms with Gasteiger partial charge in [-0.05, 0) is 24.6 Å². The second-order valence-electron chi connectivity index (χ2n) is 4.56. The van der Waals surface area contributed by atoms with Crippen molar-refractivity contribution in [2.45, 2.75) is 13.3 Å². The number of benzene rings is 1. The summed E-state index contributed by atoms with van der Waals surface area (Å²) in [5.41, 5.74) is 2.21. The largest absolute Gasteiger partial charge is 0.480 e. The summed E-state index contributed by atoms with van der Waals surface area (Å²) in [4.78, 5) is 26.2. The van der Waals surface area contributed by atoms with Crippen LogP contribution in [0.15, 0.2) is 12.1 Å². The highest BCUT2D eigenvalue weighted by Crippen LogP contribution is 2.38. The summed E-state index contributed by atoms with van der Waals surface area (Å²) in [6, 6.07) is 3.50. The summed E-state index contributed by atoms with van der Waals surface area (Å²) in [5, 5.41) is 9.54. The van der Waals surface area contributed by atoms with E-state index in [0.717, 1.165) is 11.3 Å². The average Bonchev–Trinajstić information content (AvgIpc) is 2.46. The van der Waals surface area contributed by atoms with Crippen molar-refractivity contribution in [2.24, 2.45) is 0 Å². The molecule has 2 rings (SSSR count). The van der Waals surface area contributed by atoms with Crippen molar-refractivity contribution in [2.75, 3.05) is 29.9 Å². The predicted molar refractivity (Wildman–Crippen MR) is 74.1 cm³/mol. The molecule has 0 atom stereocenters. The molecule has 6 heteroatoms. The Hall–Kier alpha value is -1.75. The fourth-order valence-corrected chi connectivity index (χ4v) is 2.46. The monoisotopic (exact) mass is 282 g/mol. The van der Waals surface area contributed by atoms with Gasteiger partial charge in [0.1, 0.15) is 6.54 Å². The molecule has 102 valence electrons. The molecule has 0 radical (unpaired) electrons. The molecular weight excluding hydrogens is 268 g/mol. The number of rotatable bonds is 2. The molecule has 0 spiro atoms. The van der Waals surface area contributed by atoms with Crippen LogP contribution in [0.4, 0.5) is 11.4 Å². The van der Waals surface area contributed by atoms with Crippen LogP contribution in [-0.2, 0) is 9.59 Å². The van der Waals surface area contributed by atoms with Gasteiger partial charge in [-0.3, -0.25) is 9.59 Å². The lowest BCUT2D eigenvalue weighted by molar-refractivity contribution is -0.135. The van der Waals surface area contributed by atoms with E-state index in [2.05, 4.69) is 0 Å². The van der Waals surface area contributed by atoms with Gasteiger partial charge < -0.3 is 14.9 Å². The molecule has 1 aromatic rings. The standard InChI is InChI=1S/C13H15ClN2O3/c1-8-9(14)3-4-10-13(8)15(2)11(17)5-6-16(10)7-12(18)19/h3-4H,5-7H2,1-2H3,(H,18,19). The average molecular weight is 283 g/mol.